The summed E-state index contributed by atoms with van der Waals surface area (Å²) in [7, 11) is 2.17. The van der Waals surface area contributed by atoms with E-state index in [4.69, 9.17) is 0 Å². The molecule has 0 atom stereocenters. The van der Waals surface area contributed by atoms with Gasteiger partial charge in [-0.15, -0.1) is 0 Å². The fourth-order valence-electron chi connectivity index (χ4n) is 2.46. The van der Waals surface area contributed by atoms with Crippen molar-refractivity contribution >= 4 is 10.9 Å². The van der Waals surface area contributed by atoms with Crippen molar-refractivity contribution in [1.82, 2.24) is 9.88 Å². The molecule has 86 valence electrons. The minimum atomic E-state index is 1.02. The van der Waals surface area contributed by atoms with Gasteiger partial charge in [0, 0.05) is 43.2 Å². The van der Waals surface area contributed by atoms with Gasteiger partial charge < -0.3 is 9.88 Å². The maximum absolute atomic E-state index is 3.43. The van der Waals surface area contributed by atoms with Crippen LogP contribution in [0.25, 0.3) is 10.9 Å². The van der Waals surface area contributed by atoms with Crippen molar-refractivity contribution in [3.05, 3.63) is 35.5 Å². The third kappa shape index (κ3) is 1.63. The van der Waals surface area contributed by atoms with E-state index in [1.54, 1.807) is 0 Å². The van der Waals surface area contributed by atoms with Crippen molar-refractivity contribution in [1.29, 1.82) is 0 Å². The number of aromatic nitrogens is 1. The fraction of sp³-hybridized carbons (Fsp3) is 0.429. The highest BCUT2D eigenvalue weighted by atomic mass is 15.0. The molecule has 3 rings (SSSR count). The third-order valence-electron chi connectivity index (χ3n) is 3.18. The second-order valence-corrected chi connectivity index (χ2v) is 3.93. The molecule has 2 nitrogen and oxygen atoms in total. The van der Waals surface area contributed by atoms with Crippen LogP contribution in [0.2, 0.25) is 0 Å². The van der Waals surface area contributed by atoms with Gasteiger partial charge in [-0.2, -0.15) is 0 Å². The molecule has 2 heteroatoms. The van der Waals surface area contributed by atoms with Crippen LogP contribution in [0.15, 0.2) is 24.3 Å². The van der Waals surface area contributed by atoms with Crippen LogP contribution in [0.3, 0.4) is 0 Å². The van der Waals surface area contributed by atoms with Crippen LogP contribution in [0, 0.1) is 0 Å². The fourth-order valence-corrected chi connectivity index (χ4v) is 2.46. The van der Waals surface area contributed by atoms with E-state index in [9.17, 15) is 0 Å². The molecule has 0 spiro atoms. The number of nitrogens with zero attached hydrogens (tertiary/aromatic N) is 1. The van der Waals surface area contributed by atoms with E-state index in [0.29, 0.717) is 0 Å². The maximum atomic E-state index is 3.43. The zero-order chi connectivity index (χ0) is 11.5. The molecule has 1 aromatic carbocycles. The molecule has 1 aliphatic heterocycles. The summed E-state index contributed by atoms with van der Waals surface area (Å²) < 4.78 is 2.34. The van der Waals surface area contributed by atoms with E-state index in [1.165, 1.54) is 22.2 Å². The monoisotopic (exact) mass is 216 g/mol. The normalized spacial score (nSPS) is 14.2. The summed E-state index contributed by atoms with van der Waals surface area (Å²) in [5, 5.41) is 4.85. The molecule has 2 aromatic rings. The Morgan fingerprint density at radius 3 is 2.75 bits per heavy atom. The minimum absolute atomic E-state index is 1.02. The first-order valence-electron chi connectivity index (χ1n) is 6.14. The molecule has 0 saturated carbocycles. The summed E-state index contributed by atoms with van der Waals surface area (Å²) in [6, 6.07) is 8.66. The first-order valence-corrected chi connectivity index (χ1v) is 6.14. The molecule has 0 saturated heterocycles. The molecular weight excluding hydrogens is 196 g/mol. The van der Waals surface area contributed by atoms with Crippen molar-refractivity contribution in [3.63, 3.8) is 0 Å². The van der Waals surface area contributed by atoms with Crippen LogP contribution in [-0.4, -0.2) is 11.1 Å². The van der Waals surface area contributed by atoms with E-state index < -0.39 is 0 Å². The quantitative estimate of drug-likeness (QED) is 0.716. The molecule has 16 heavy (non-hydrogen) atoms. The summed E-state index contributed by atoms with van der Waals surface area (Å²) in [5.41, 5.74) is 4.36. The van der Waals surface area contributed by atoms with Crippen LogP contribution in [0.1, 0.15) is 25.1 Å². The predicted octanol–water partition coefficient (Wildman–Crippen LogP) is 2.85. The number of rotatable bonds is 0. The number of hydrogen-bond acceptors (Lipinski definition) is 1. The molecular formula is C14H20N2. The standard InChI is InChI=1S/C12H14N2.C2H6/c1-14-11-5-3-2-4-9(11)10-8-13-7-6-12(10)14;1-2/h2-5,13H,6-8H2,1H3;1-2H3. The van der Waals surface area contributed by atoms with Gasteiger partial charge in [-0.1, -0.05) is 32.0 Å². The predicted molar refractivity (Wildman–Crippen MR) is 69.7 cm³/mol. The van der Waals surface area contributed by atoms with E-state index in [2.05, 4.69) is 41.2 Å². The summed E-state index contributed by atoms with van der Waals surface area (Å²) in [4.78, 5) is 0. The van der Waals surface area contributed by atoms with Crippen molar-refractivity contribution < 1.29 is 0 Å². The molecule has 0 aliphatic carbocycles. The van der Waals surface area contributed by atoms with Crippen LogP contribution >= 0.6 is 0 Å². The Balaban J connectivity index is 0.000000457. The average Bonchev–Trinajstić information content (AvgIpc) is 2.67. The molecule has 0 unspecified atom stereocenters. The SMILES string of the molecule is CC.Cn1c2c(c3ccccc31)CNCC2. The summed E-state index contributed by atoms with van der Waals surface area (Å²) in [6.45, 7) is 6.13. The lowest BCUT2D eigenvalue weighted by molar-refractivity contribution is 0.622. The number of fused-ring (bicyclic) bond motifs is 3. The molecule has 0 radical (unpaired) electrons. The number of nitrogens with one attached hydrogen (secondary N) is 1. The van der Waals surface area contributed by atoms with Crippen molar-refractivity contribution in [2.24, 2.45) is 7.05 Å². The number of benzene rings is 1. The highest BCUT2D eigenvalue weighted by molar-refractivity contribution is 5.85. The highest BCUT2D eigenvalue weighted by Crippen LogP contribution is 2.26. The minimum Gasteiger partial charge on any atom is -0.347 e. The van der Waals surface area contributed by atoms with Crippen LogP contribution in [0.5, 0.6) is 0 Å². The first kappa shape index (κ1) is 11.2. The van der Waals surface area contributed by atoms with Crippen molar-refractivity contribution in [2.75, 3.05) is 6.54 Å². The smallest absolute Gasteiger partial charge is 0.0483 e. The summed E-state index contributed by atoms with van der Waals surface area (Å²) in [6.07, 6.45) is 1.15. The Bertz CT molecular complexity index is 483. The Hall–Kier alpha value is -1.28. The number of para-hydroxylation sites is 1. The van der Waals surface area contributed by atoms with Gasteiger partial charge in [0.25, 0.3) is 0 Å². The average molecular weight is 216 g/mol. The molecule has 2 heterocycles. The second kappa shape index (κ2) is 4.71. The molecule has 0 fully saturated rings. The largest absolute Gasteiger partial charge is 0.347 e. The summed E-state index contributed by atoms with van der Waals surface area (Å²) in [5.74, 6) is 0. The van der Waals surface area contributed by atoms with Gasteiger partial charge in [-0.25, -0.2) is 0 Å². The van der Waals surface area contributed by atoms with Gasteiger partial charge in [-0.3, -0.25) is 0 Å². The Morgan fingerprint density at radius 1 is 1.19 bits per heavy atom. The zero-order valence-electron chi connectivity index (χ0n) is 10.4. The van der Waals surface area contributed by atoms with E-state index in [0.717, 1.165) is 19.5 Å². The number of aryl methyl sites for hydroxylation is 1. The van der Waals surface area contributed by atoms with Crippen molar-refractivity contribution in [2.45, 2.75) is 26.8 Å². The highest BCUT2D eigenvalue weighted by Gasteiger charge is 2.16. The van der Waals surface area contributed by atoms with Crippen molar-refractivity contribution in [3.8, 4) is 0 Å². The third-order valence-corrected chi connectivity index (χ3v) is 3.18. The lowest BCUT2D eigenvalue weighted by Gasteiger charge is -2.14. The van der Waals surface area contributed by atoms with Crippen LogP contribution in [-0.2, 0) is 20.0 Å². The Labute approximate surface area is 97.3 Å². The molecule has 0 bridgehead atoms. The number of hydrogen-bond donors (Lipinski definition) is 1. The van der Waals surface area contributed by atoms with Gasteiger partial charge in [0.15, 0.2) is 0 Å². The van der Waals surface area contributed by atoms with Gasteiger partial charge >= 0.3 is 0 Å². The molecule has 1 aromatic heterocycles. The Morgan fingerprint density at radius 2 is 1.94 bits per heavy atom. The van der Waals surface area contributed by atoms with Gasteiger partial charge in [0.1, 0.15) is 0 Å². The van der Waals surface area contributed by atoms with Crippen LogP contribution < -0.4 is 5.32 Å². The molecule has 0 amide bonds. The first-order chi connectivity index (χ1) is 7.88. The zero-order valence-corrected chi connectivity index (χ0v) is 10.4. The van der Waals surface area contributed by atoms with Gasteiger partial charge in [0.05, 0.1) is 0 Å². The van der Waals surface area contributed by atoms with E-state index in [-0.39, 0.29) is 0 Å². The molecule has 1 N–H and O–H groups in total. The topological polar surface area (TPSA) is 17.0 Å². The van der Waals surface area contributed by atoms with E-state index in [1.807, 2.05) is 13.8 Å². The Kier molecular flexibility index (Phi) is 3.30. The molecule has 1 aliphatic rings. The second-order valence-electron chi connectivity index (χ2n) is 3.93. The lowest BCUT2D eigenvalue weighted by Crippen LogP contribution is -2.24. The lowest BCUT2D eigenvalue weighted by atomic mass is 10.1. The van der Waals surface area contributed by atoms with Crippen LogP contribution in [0.4, 0.5) is 0 Å². The van der Waals surface area contributed by atoms with Gasteiger partial charge in [0.2, 0.25) is 0 Å². The van der Waals surface area contributed by atoms with E-state index >= 15 is 0 Å². The summed E-state index contributed by atoms with van der Waals surface area (Å²) >= 11 is 0. The maximum Gasteiger partial charge on any atom is 0.0483 e. The van der Waals surface area contributed by atoms with Gasteiger partial charge in [-0.05, 0) is 11.6 Å².